The lowest BCUT2D eigenvalue weighted by Crippen LogP contribution is -2.52. The van der Waals surface area contributed by atoms with E-state index >= 15 is 0 Å². The van der Waals surface area contributed by atoms with Crippen LogP contribution < -0.4 is 0 Å². The van der Waals surface area contributed by atoms with Crippen molar-refractivity contribution in [2.75, 3.05) is 13.7 Å². The number of carbonyl (C=O) groups excluding carboxylic acids is 2. The van der Waals surface area contributed by atoms with E-state index in [1.165, 1.54) is 4.90 Å². The smallest absolute Gasteiger partial charge is 0.410 e. The molecule has 5 heteroatoms. The zero-order chi connectivity index (χ0) is 17.6. The molecule has 0 radical (unpaired) electrons. The molecule has 0 spiro atoms. The lowest BCUT2D eigenvalue weighted by molar-refractivity contribution is -0.152. The van der Waals surface area contributed by atoms with Gasteiger partial charge in [0, 0.05) is 12.5 Å². The quantitative estimate of drug-likeness (QED) is 0.408. The first-order valence-electron chi connectivity index (χ1n) is 7.72. The summed E-state index contributed by atoms with van der Waals surface area (Å²) in [5.41, 5.74) is -1.25. The van der Waals surface area contributed by atoms with Gasteiger partial charge in [-0.2, -0.15) is 0 Å². The molecule has 1 amide bonds. The Kier molecular flexibility index (Phi) is 7.64. The van der Waals surface area contributed by atoms with Crippen LogP contribution in [0.4, 0.5) is 4.79 Å². The summed E-state index contributed by atoms with van der Waals surface area (Å²) in [6.45, 7) is 15.2. The number of hydrogen-bond acceptors (Lipinski definition) is 4. The zero-order valence-electron chi connectivity index (χ0n) is 15.1. The van der Waals surface area contributed by atoms with Gasteiger partial charge in [0.15, 0.2) is 0 Å². The van der Waals surface area contributed by atoms with E-state index in [1.807, 2.05) is 20.8 Å². The number of esters is 1. The minimum Gasteiger partial charge on any atom is -0.464 e. The van der Waals surface area contributed by atoms with E-state index in [-0.39, 0.29) is 0 Å². The number of rotatable bonds is 7. The molecule has 0 aromatic rings. The summed E-state index contributed by atoms with van der Waals surface area (Å²) in [6, 6.07) is -0.781. The molecule has 0 unspecified atom stereocenters. The molecule has 1 atom stereocenters. The van der Waals surface area contributed by atoms with Gasteiger partial charge in [0.05, 0.1) is 6.61 Å². The van der Waals surface area contributed by atoms with Gasteiger partial charge in [-0.3, -0.25) is 4.90 Å². The monoisotopic (exact) mass is 313 g/mol. The Morgan fingerprint density at radius 2 is 1.77 bits per heavy atom. The molecule has 5 nitrogen and oxygen atoms in total. The highest BCUT2D eigenvalue weighted by Gasteiger charge is 2.41. The second-order valence-electron chi connectivity index (χ2n) is 7.04. The molecule has 0 fully saturated rings. The summed E-state index contributed by atoms with van der Waals surface area (Å²) in [7, 11) is 1.55. The Morgan fingerprint density at radius 3 is 2.18 bits per heavy atom. The fourth-order valence-corrected chi connectivity index (χ4v) is 1.91. The normalized spacial score (nSPS) is 13.2. The molecule has 0 aliphatic rings. The highest BCUT2D eigenvalue weighted by Crippen LogP contribution is 2.28. The summed E-state index contributed by atoms with van der Waals surface area (Å²) in [5.74, 6) is -0.438. The van der Waals surface area contributed by atoms with Crippen molar-refractivity contribution in [1.29, 1.82) is 0 Å². The second-order valence-corrected chi connectivity index (χ2v) is 7.04. The van der Waals surface area contributed by atoms with E-state index < -0.39 is 29.1 Å². The lowest BCUT2D eigenvalue weighted by Gasteiger charge is -2.37. The van der Waals surface area contributed by atoms with Crippen molar-refractivity contribution in [3.8, 4) is 0 Å². The first-order chi connectivity index (χ1) is 9.96. The van der Waals surface area contributed by atoms with Gasteiger partial charge in [0.2, 0.25) is 0 Å². The molecule has 0 saturated heterocycles. The maximum absolute atomic E-state index is 12.4. The fourth-order valence-electron chi connectivity index (χ4n) is 1.91. The Labute approximate surface area is 134 Å². The van der Waals surface area contributed by atoms with Crippen molar-refractivity contribution in [2.45, 2.75) is 66.0 Å². The number of likely N-dealkylation sites (N-methyl/N-ethyl adjacent to an activating group) is 1. The van der Waals surface area contributed by atoms with Crippen LogP contribution in [0.2, 0.25) is 0 Å². The van der Waals surface area contributed by atoms with E-state index in [0.717, 1.165) is 12.8 Å². The van der Waals surface area contributed by atoms with Crippen LogP contribution in [0.5, 0.6) is 0 Å². The van der Waals surface area contributed by atoms with E-state index in [0.29, 0.717) is 6.61 Å². The molecule has 0 aliphatic heterocycles. The van der Waals surface area contributed by atoms with Crippen LogP contribution in [0.1, 0.15) is 54.4 Å². The number of amides is 1. The highest BCUT2D eigenvalue weighted by molar-refractivity contribution is 5.82. The number of unbranched alkanes of at least 4 members (excludes halogenated alkanes) is 1. The molecule has 0 rings (SSSR count). The third-order valence-corrected chi connectivity index (χ3v) is 3.27. The van der Waals surface area contributed by atoms with Gasteiger partial charge in [-0.15, -0.1) is 6.58 Å². The van der Waals surface area contributed by atoms with E-state index in [1.54, 1.807) is 33.9 Å². The van der Waals surface area contributed by atoms with Gasteiger partial charge >= 0.3 is 12.1 Å². The first kappa shape index (κ1) is 20.5. The van der Waals surface area contributed by atoms with Gasteiger partial charge in [-0.25, -0.2) is 9.59 Å². The molecular weight excluding hydrogens is 282 g/mol. The standard InChI is InChI=1S/C17H31NO4/c1-9-11-12-21-14(19)13(17(6,7)10-2)18(8)15(20)22-16(3,4)5/h10,13H,2,9,11-12H2,1,3-8H3/t13-/m1/s1. The van der Waals surface area contributed by atoms with Crippen LogP contribution in [-0.2, 0) is 14.3 Å². The molecule has 0 bridgehead atoms. The molecule has 0 N–H and O–H groups in total. The molecule has 0 saturated carbocycles. The Morgan fingerprint density at radius 1 is 1.23 bits per heavy atom. The van der Waals surface area contributed by atoms with Crippen LogP contribution in [0.15, 0.2) is 12.7 Å². The SMILES string of the molecule is C=CC(C)(C)[C@@H](C(=O)OCCCC)N(C)C(=O)OC(C)(C)C. The fraction of sp³-hybridized carbons (Fsp3) is 0.765. The molecule has 0 aromatic heterocycles. The third-order valence-electron chi connectivity index (χ3n) is 3.27. The predicted octanol–water partition coefficient (Wildman–Crippen LogP) is 3.78. The molecule has 22 heavy (non-hydrogen) atoms. The van der Waals surface area contributed by atoms with Crippen molar-refractivity contribution in [1.82, 2.24) is 4.90 Å². The lowest BCUT2D eigenvalue weighted by atomic mass is 9.84. The van der Waals surface area contributed by atoms with E-state index in [9.17, 15) is 9.59 Å². The maximum atomic E-state index is 12.4. The summed E-state index contributed by atoms with van der Waals surface area (Å²) in [5, 5.41) is 0. The van der Waals surface area contributed by atoms with Crippen molar-refractivity contribution >= 4 is 12.1 Å². The van der Waals surface area contributed by atoms with Crippen molar-refractivity contribution in [3.05, 3.63) is 12.7 Å². The Balaban J connectivity index is 5.20. The minimum absolute atomic E-state index is 0.348. The largest absolute Gasteiger partial charge is 0.464 e. The van der Waals surface area contributed by atoms with Crippen LogP contribution in [0.25, 0.3) is 0 Å². The predicted molar refractivity (Wildman–Crippen MR) is 87.6 cm³/mol. The molecule has 128 valence electrons. The number of ether oxygens (including phenoxy) is 2. The Hall–Kier alpha value is -1.52. The van der Waals surface area contributed by atoms with Gasteiger partial charge in [-0.1, -0.05) is 33.3 Å². The van der Waals surface area contributed by atoms with Crippen molar-refractivity contribution in [3.63, 3.8) is 0 Å². The third kappa shape index (κ3) is 6.50. The second kappa shape index (κ2) is 8.20. The molecular formula is C17H31NO4. The average molecular weight is 313 g/mol. The van der Waals surface area contributed by atoms with Crippen LogP contribution in [0, 0.1) is 5.41 Å². The minimum atomic E-state index is -0.781. The summed E-state index contributed by atoms with van der Waals surface area (Å²) in [6.07, 6.45) is 2.83. The highest BCUT2D eigenvalue weighted by atomic mass is 16.6. The van der Waals surface area contributed by atoms with Gasteiger partial charge in [0.1, 0.15) is 11.6 Å². The van der Waals surface area contributed by atoms with E-state index in [2.05, 4.69) is 6.58 Å². The number of nitrogens with zero attached hydrogens (tertiary/aromatic N) is 1. The van der Waals surface area contributed by atoms with Crippen molar-refractivity contribution in [2.24, 2.45) is 5.41 Å². The average Bonchev–Trinajstić information content (AvgIpc) is 2.36. The van der Waals surface area contributed by atoms with Gasteiger partial charge in [0.25, 0.3) is 0 Å². The molecule has 0 aromatic carbocycles. The number of carbonyl (C=O) groups is 2. The van der Waals surface area contributed by atoms with E-state index in [4.69, 9.17) is 9.47 Å². The Bertz CT molecular complexity index is 396. The van der Waals surface area contributed by atoms with Crippen LogP contribution in [-0.4, -0.2) is 42.3 Å². The molecule has 0 heterocycles. The van der Waals surface area contributed by atoms with Crippen molar-refractivity contribution < 1.29 is 19.1 Å². The number of hydrogen-bond donors (Lipinski definition) is 0. The molecule has 0 aliphatic carbocycles. The first-order valence-corrected chi connectivity index (χ1v) is 7.72. The summed E-state index contributed by atoms with van der Waals surface area (Å²) in [4.78, 5) is 26.0. The maximum Gasteiger partial charge on any atom is 0.410 e. The summed E-state index contributed by atoms with van der Waals surface area (Å²) < 4.78 is 10.6. The van der Waals surface area contributed by atoms with Crippen LogP contribution in [0.3, 0.4) is 0 Å². The van der Waals surface area contributed by atoms with Gasteiger partial charge in [-0.05, 0) is 27.2 Å². The van der Waals surface area contributed by atoms with Gasteiger partial charge < -0.3 is 9.47 Å². The van der Waals surface area contributed by atoms with Crippen LogP contribution >= 0.6 is 0 Å². The summed E-state index contributed by atoms with van der Waals surface area (Å²) >= 11 is 0. The zero-order valence-corrected chi connectivity index (χ0v) is 15.1. The topological polar surface area (TPSA) is 55.8 Å².